The van der Waals surface area contributed by atoms with Crippen molar-refractivity contribution in [2.24, 2.45) is 0 Å². The topological polar surface area (TPSA) is 52.6 Å². The number of hydrogen-bond donors (Lipinski definition) is 0. The molecule has 1 heterocycles. The molecule has 0 aromatic carbocycles. The number of hydrogen-bond acceptors (Lipinski definition) is 4. The quantitative estimate of drug-likeness (QED) is 0.682. The van der Waals surface area contributed by atoms with Gasteiger partial charge in [-0.15, -0.1) is 0 Å². The van der Waals surface area contributed by atoms with Gasteiger partial charge < -0.3 is 9.47 Å². The minimum atomic E-state index is -0.253. The van der Waals surface area contributed by atoms with E-state index in [0.29, 0.717) is 17.6 Å². The van der Waals surface area contributed by atoms with Gasteiger partial charge in [0, 0.05) is 18.1 Å². The molecule has 0 aromatic heterocycles. The van der Waals surface area contributed by atoms with Crippen LogP contribution in [0.25, 0.3) is 0 Å². The zero-order chi connectivity index (χ0) is 12.6. The number of Topliss-reactive ketones (excluding diaryl/α,β-unsaturated/α-hetero) is 1. The number of rotatable bonds is 2. The van der Waals surface area contributed by atoms with Gasteiger partial charge in [0.2, 0.25) is 5.78 Å². The number of carbonyl (C=O) groups is 2. The predicted octanol–water partition coefficient (Wildman–Crippen LogP) is 1.68. The van der Waals surface area contributed by atoms with E-state index in [2.05, 4.69) is 0 Å². The number of methoxy groups -OCH3 is 1. The highest BCUT2D eigenvalue weighted by molar-refractivity contribution is 6.23. The molecule has 0 N–H and O–H groups in total. The Labute approximate surface area is 99.6 Å². The Balaban J connectivity index is 2.52. The number of ether oxygens (including phenoxy) is 2. The summed E-state index contributed by atoms with van der Waals surface area (Å²) >= 11 is 0. The highest BCUT2D eigenvalue weighted by atomic mass is 16.5. The molecule has 0 bridgehead atoms. The maximum absolute atomic E-state index is 12.0. The Morgan fingerprint density at radius 1 is 1.41 bits per heavy atom. The summed E-state index contributed by atoms with van der Waals surface area (Å²) in [6, 6.07) is 0. The van der Waals surface area contributed by atoms with Crippen LogP contribution < -0.4 is 0 Å². The molecule has 0 radical (unpaired) electrons. The van der Waals surface area contributed by atoms with Gasteiger partial charge in [-0.25, -0.2) is 0 Å². The van der Waals surface area contributed by atoms with Crippen LogP contribution >= 0.6 is 0 Å². The van der Waals surface area contributed by atoms with Crippen LogP contribution in [0.4, 0.5) is 0 Å². The third kappa shape index (κ3) is 1.69. The second-order valence-electron chi connectivity index (χ2n) is 3.95. The van der Waals surface area contributed by atoms with E-state index in [0.717, 1.165) is 11.3 Å². The lowest BCUT2D eigenvalue weighted by molar-refractivity contribution is -0.118. The van der Waals surface area contributed by atoms with Crippen molar-refractivity contribution in [3.05, 3.63) is 34.3 Å². The summed E-state index contributed by atoms with van der Waals surface area (Å²) in [6.45, 7) is 3.92. The van der Waals surface area contributed by atoms with Crippen LogP contribution in [-0.2, 0) is 19.1 Å². The van der Waals surface area contributed by atoms with Crippen LogP contribution in [0.5, 0.6) is 0 Å². The molecule has 0 amide bonds. The molecule has 17 heavy (non-hydrogen) atoms. The molecule has 0 saturated carbocycles. The third-order valence-electron chi connectivity index (χ3n) is 3.03. The molecule has 1 aliphatic heterocycles. The molecule has 2 aliphatic rings. The molecule has 0 saturated heterocycles. The summed E-state index contributed by atoms with van der Waals surface area (Å²) < 4.78 is 10.4. The lowest BCUT2D eigenvalue weighted by Crippen LogP contribution is -2.27. The maximum Gasteiger partial charge on any atom is 0.227 e. The standard InChI is InChI=1S/C13H14O4/c1-4-10-7(2)12-8(6-17-10)13(15)11(16-3)5-9(12)14/h5H,4,6H2,1-3H3. The molecule has 1 aliphatic carbocycles. The molecule has 0 fully saturated rings. The third-order valence-corrected chi connectivity index (χ3v) is 3.03. The van der Waals surface area contributed by atoms with Crippen molar-refractivity contribution in [3.8, 4) is 0 Å². The smallest absolute Gasteiger partial charge is 0.227 e. The van der Waals surface area contributed by atoms with Crippen LogP contribution in [0.2, 0.25) is 0 Å². The minimum Gasteiger partial charge on any atom is -0.493 e. The first-order chi connectivity index (χ1) is 8.10. The Kier molecular flexibility index (Phi) is 2.88. The number of ketones is 2. The molecule has 4 nitrogen and oxygen atoms in total. The van der Waals surface area contributed by atoms with Gasteiger partial charge in [-0.3, -0.25) is 9.59 Å². The molecule has 0 atom stereocenters. The van der Waals surface area contributed by atoms with Crippen LogP contribution in [0, 0.1) is 0 Å². The largest absolute Gasteiger partial charge is 0.493 e. The van der Waals surface area contributed by atoms with E-state index in [4.69, 9.17) is 9.47 Å². The summed E-state index contributed by atoms with van der Waals surface area (Å²) in [4.78, 5) is 23.9. The average Bonchev–Trinajstić information content (AvgIpc) is 2.33. The lowest BCUT2D eigenvalue weighted by atomic mass is 9.87. The van der Waals surface area contributed by atoms with Crippen molar-refractivity contribution >= 4 is 11.6 Å². The molecule has 90 valence electrons. The van der Waals surface area contributed by atoms with Crippen LogP contribution in [0.1, 0.15) is 20.3 Å². The first-order valence-corrected chi connectivity index (χ1v) is 5.50. The first kappa shape index (κ1) is 11.6. The fourth-order valence-corrected chi connectivity index (χ4v) is 2.14. The first-order valence-electron chi connectivity index (χ1n) is 5.50. The van der Waals surface area contributed by atoms with Crippen molar-refractivity contribution in [1.82, 2.24) is 0 Å². The number of carbonyl (C=O) groups excluding carboxylic acids is 2. The van der Waals surface area contributed by atoms with E-state index in [1.165, 1.54) is 13.2 Å². The SMILES string of the molecule is CCC1=C(C)C2=C(CO1)C(=O)C(OC)=CC2=O. The van der Waals surface area contributed by atoms with Crippen LogP contribution in [0.3, 0.4) is 0 Å². The summed E-state index contributed by atoms with van der Waals surface area (Å²) in [5, 5.41) is 0. The van der Waals surface area contributed by atoms with Gasteiger partial charge in [-0.1, -0.05) is 6.92 Å². The van der Waals surface area contributed by atoms with Crippen molar-refractivity contribution in [2.75, 3.05) is 13.7 Å². The van der Waals surface area contributed by atoms with Crippen molar-refractivity contribution in [2.45, 2.75) is 20.3 Å². The molecular weight excluding hydrogens is 220 g/mol. The van der Waals surface area contributed by atoms with E-state index in [1.807, 2.05) is 13.8 Å². The predicted molar refractivity (Wildman–Crippen MR) is 61.1 cm³/mol. The molecule has 2 rings (SSSR count). The Morgan fingerprint density at radius 3 is 2.71 bits per heavy atom. The fourth-order valence-electron chi connectivity index (χ4n) is 2.14. The number of allylic oxidation sites excluding steroid dienone is 5. The van der Waals surface area contributed by atoms with Crippen molar-refractivity contribution < 1.29 is 19.1 Å². The zero-order valence-electron chi connectivity index (χ0n) is 10.1. The van der Waals surface area contributed by atoms with Gasteiger partial charge in [0.15, 0.2) is 11.5 Å². The van der Waals surface area contributed by atoms with E-state index >= 15 is 0 Å². The second kappa shape index (κ2) is 4.20. The average molecular weight is 234 g/mol. The molecule has 0 aromatic rings. The van der Waals surface area contributed by atoms with Gasteiger partial charge >= 0.3 is 0 Å². The highest BCUT2D eigenvalue weighted by Crippen LogP contribution is 2.32. The van der Waals surface area contributed by atoms with E-state index in [1.54, 1.807) is 0 Å². The van der Waals surface area contributed by atoms with E-state index in [9.17, 15) is 9.59 Å². The summed E-state index contributed by atoms with van der Waals surface area (Å²) in [5.74, 6) is 0.434. The molecular formula is C13H14O4. The van der Waals surface area contributed by atoms with Crippen molar-refractivity contribution in [1.29, 1.82) is 0 Å². The summed E-state index contributed by atoms with van der Waals surface area (Å²) in [5.41, 5.74) is 1.65. The minimum absolute atomic E-state index is 0.0881. The Morgan fingerprint density at radius 2 is 2.12 bits per heavy atom. The van der Waals surface area contributed by atoms with Gasteiger partial charge in [-0.2, -0.15) is 0 Å². The van der Waals surface area contributed by atoms with E-state index in [-0.39, 0.29) is 23.9 Å². The van der Waals surface area contributed by atoms with Gasteiger partial charge in [0.25, 0.3) is 0 Å². The Hall–Kier alpha value is -1.84. The maximum atomic E-state index is 12.0. The van der Waals surface area contributed by atoms with Crippen LogP contribution in [-0.4, -0.2) is 25.3 Å². The van der Waals surface area contributed by atoms with Crippen molar-refractivity contribution in [3.63, 3.8) is 0 Å². The second-order valence-corrected chi connectivity index (χ2v) is 3.95. The normalized spacial score (nSPS) is 20.1. The summed E-state index contributed by atoms with van der Waals surface area (Å²) in [7, 11) is 1.38. The van der Waals surface area contributed by atoms with Crippen LogP contribution in [0.15, 0.2) is 34.3 Å². The van der Waals surface area contributed by atoms with Gasteiger partial charge in [0.1, 0.15) is 6.61 Å². The Bertz CT molecular complexity index is 492. The summed E-state index contributed by atoms with van der Waals surface area (Å²) in [6.07, 6.45) is 1.97. The van der Waals surface area contributed by atoms with Gasteiger partial charge in [0.05, 0.1) is 18.4 Å². The van der Waals surface area contributed by atoms with Gasteiger partial charge in [-0.05, 0) is 12.5 Å². The molecule has 4 heteroatoms. The lowest BCUT2D eigenvalue weighted by Gasteiger charge is -2.25. The molecule has 0 unspecified atom stereocenters. The zero-order valence-corrected chi connectivity index (χ0v) is 10.1. The molecule has 0 spiro atoms. The monoisotopic (exact) mass is 234 g/mol. The fraction of sp³-hybridized carbons (Fsp3) is 0.385. The van der Waals surface area contributed by atoms with E-state index < -0.39 is 0 Å². The highest BCUT2D eigenvalue weighted by Gasteiger charge is 2.33.